The molecule has 7 heteroatoms. The first-order chi connectivity index (χ1) is 10.6. The molecule has 1 fully saturated rings. The largest absolute Gasteiger partial charge is 0.361 e. The van der Waals surface area contributed by atoms with E-state index in [4.69, 9.17) is 4.52 Å². The van der Waals surface area contributed by atoms with Gasteiger partial charge in [-0.05, 0) is 33.6 Å². The third kappa shape index (κ3) is 2.63. The minimum absolute atomic E-state index is 0.124. The lowest BCUT2D eigenvalue weighted by molar-refractivity contribution is -0.134. The van der Waals surface area contributed by atoms with Crippen LogP contribution in [0.15, 0.2) is 17.2 Å². The molecule has 0 saturated carbocycles. The third-order valence-electron chi connectivity index (χ3n) is 4.41. The van der Waals surface area contributed by atoms with Gasteiger partial charge in [-0.25, -0.2) is 9.67 Å². The number of piperidine rings is 1. The molecule has 1 saturated heterocycles. The van der Waals surface area contributed by atoms with Crippen LogP contribution in [0.5, 0.6) is 0 Å². The average Bonchev–Trinajstić information content (AvgIpc) is 3.16. The van der Waals surface area contributed by atoms with Crippen molar-refractivity contribution in [3.63, 3.8) is 0 Å². The molecule has 118 valence electrons. The normalized spacial score (nSPS) is 20.1. The van der Waals surface area contributed by atoms with Crippen LogP contribution in [0.3, 0.4) is 0 Å². The number of aryl methyl sites for hydroxylation is 2. The van der Waals surface area contributed by atoms with Crippen LogP contribution < -0.4 is 0 Å². The number of hydrogen-bond acceptors (Lipinski definition) is 5. The minimum atomic E-state index is -0.235. The Morgan fingerprint density at radius 2 is 2.27 bits per heavy atom. The molecule has 0 bridgehead atoms. The molecule has 0 aliphatic carbocycles. The Balaban J connectivity index is 1.74. The molecule has 1 aliphatic rings. The van der Waals surface area contributed by atoms with Crippen molar-refractivity contribution in [3.8, 4) is 0 Å². The summed E-state index contributed by atoms with van der Waals surface area (Å²) in [5, 5.41) is 8.15. The van der Waals surface area contributed by atoms with Gasteiger partial charge in [0, 0.05) is 18.7 Å². The van der Waals surface area contributed by atoms with Gasteiger partial charge >= 0.3 is 0 Å². The highest BCUT2D eigenvalue weighted by Gasteiger charge is 2.31. The van der Waals surface area contributed by atoms with E-state index in [1.807, 2.05) is 30.4 Å². The van der Waals surface area contributed by atoms with E-state index in [1.165, 1.54) is 6.33 Å². The van der Waals surface area contributed by atoms with Crippen LogP contribution in [0, 0.1) is 13.8 Å². The lowest BCUT2D eigenvalue weighted by atomic mass is 9.96. The number of nitrogens with zero attached hydrogens (tertiary/aromatic N) is 5. The van der Waals surface area contributed by atoms with Crippen molar-refractivity contribution in [1.29, 1.82) is 0 Å². The summed E-state index contributed by atoms with van der Waals surface area (Å²) in [7, 11) is 0. The molecule has 2 atom stereocenters. The summed E-state index contributed by atoms with van der Waals surface area (Å²) >= 11 is 0. The Bertz CT molecular complexity index is 629. The van der Waals surface area contributed by atoms with Gasteiger partial charge in [-0.15, -0.1) is 0 Å². The summed E-state index contributed by atoms with van der Waals surface area (Å²) in [6.45, 7) is 7.12. The van der Waals surface area contributed by atoms with E-state index in [0.717, 1.165) is 36.4 Å². The maximum atomic E-state index is 12.8. The predicted molar refractivity (Wildman–Crippen MR) is 79.3 cm³/mol. The molecular weight excluding hydrogens is 282 g/mol. The van der Waals surface area contributed by atoms with Crippen molar-refractivity contribution in [2.75, 3.05) is 13.1 Å². The van der Waals surface area contributed by atoms with Gasteiger partial charge in [0.25, 0.3) is 0 Å². The molecule has 0 unspecified atom stereocenters. The van der Waals surface area contributed by atoms with E-state index in [-0.39, 0.29) is 17.9 Å². The molecule has 1 amide bonds. The predicted octanol–water partition coefficient (Wildman–Crippen LogP) is 1.85. The van der Waals surface area contributed by atoms with Crippen molar-refractivity contribution < 1.29 is 9.32 Å². The highest BCUT2D eigenvalue weighted by molar-refractivity contribution is 5.84. The first-order valence-electron chi connectivity index (χ1n) is 7.63. The highest BCUT2D eigenvalue weighted by atomic mass is 16.5. The molecule has 1 aliphatic heterocycles. The summed E-state index contributed by atoms with van der Waals surface area (Å²) < 4.78 is 7.04. The monoisotopic (exact) mass is 303 g/mol. The summed E-state index contributed by atoms with van der Waals surface area (Å²) in [6, 6.07) is 0.206. The number of carbonyl (C=O) groups is 1. The average molecular weight is 303 g/mol. The molecule has 0 spiro atoms. The fourth-order valence-corrected chi connectivity index (χ4v) is 3.28. The molecule has 2 aromatic rings. The van der Waals surface area contributed by atoms with Gasteiger partial charge in [-0.1, -0.05) is 5.16 Å². The second kappa shape index (κ2) is 5.90. The van der Waals surface area contributed by atoms with Gasteiger partial charge in [0.05, 0.1) is 17.7 Å². The topological polar surface area (TPSA) is 77.0 Å². The summed E-state index contributed by atoms with van der Waals surface area (Å²) in [5.41, 5.74) is 1.70. The molecule has 22 heavy (non-hydrogen) atoms. The Morgan fingerprint density at radius 1 is 1.45 bits per heavy atom. The molecule has 2 aromatic heterocycles. The standard InChI is InChI=1S/C15H21N5O2/c1-10(14-11(2)18-22-12(14)3)15(21)19-6-4-5-13(7-19)20-9-16-8-17-20/h8-10,13H,4-7H2,1-3H3/t10-,13+/m0/s1. The minimum Gasteiger partial charge on any atom is -0.361 e. The van der Waals surface area contributed by atoms with Crippen LogP contribution in [0.1, 0.15) is 48.7 Å². The summed E-state index contributed by atoms with van der Waals surface area (Å²) in [4.78, 5) is 18.7. The van der Waals surface area contributed by atoms with Gasteiger partial charge < -0.3 is 9.42 Å². The van der Waals surface area contributed by atoms with E-state index in [2.05, 4.69) is 15.2 Å². The molecular formula is C15H21N5O2. The fraction of sp³-hybridized carbons (Fsp3) is 0.600. The van der Waals surface area contributed by atoms with E-state index in [9.17, 15) is 4.79 Å². The second-order valence-corrected chi connectivity index (χ2v) is 5.92. The maximum Gasteiger partial charge on any atom is 0.230 e. The van der Waals surface area contributed by atoms with Crippen molar-refractivity contribution >= 4 is 5.91 Å². The first kappa shape index (κ1) is 14.7. The maximum absolute atomic E-state index is 12.8. The lowest BCUT2D eigenvalue weighted by Crippen LogP contribution is -2.42. The molecule has 3 heterocycles. The SMILES string of the molecule is Cc1noc(C)c1[C@H](C)C(=O)N1CCC[C@@H](n2cncn2)C1. The van der Waals surface area contributed by atoms with Crippen LogP contribution in [0.25, 0.3) is 0 Å². The number of rotatable bonds is 3. The Labute approximate surface area is 129 Å². The van der Waals surface area contributed by atoms with E-state index in [1.54, 1.807) is 6.33 Å². The third-order valence-corrected chi connectivity index (χ3v) is 4.41. The van der Waals surface area contributed by atoms with E-state index in [0.29, 0.717) is 6.54 Å². The Kier molecular flexibility index (Phi) is 3.96. The van der Waals surface area contributed by atoms with Crippen LogP contribution >= 0.6 is 0 Å². The molecule has 0 aromatic carbocycles. The number of hydrogen-bond donors (Lipinski definition) is 0. The number of amides is 1. The van der Waals surface area contributed by atoms with Crippen LogP contribution in [0.4, 0.5) is 0 Å². The second-order valence-electron chi connectivity index (χ2n) is 5.92. The number of likely N-dealkylation sites (tertiary alicyclic amines) is 1. The van der Waals surface area contributed by atoms with Crippen molar-refractivity contribution in [1.82, 2.24) is 24.8 Å². The van der Waals surface area contributed by atoms with E-state index >= 15 is 0 Å². The Hall–Kier alpha value is -2.18. The number of carbonyl (C=O) groups excluding carboxylic acids is 1. The van der Waals surface area contributed by atoms with Crippen LogP contribution in [-0.2, 0) is 4.79 Å². The smallest absolute Gasteiger partial charge is 0.230 e. The van der Waals surface area contributed by atoms with Crippen molar-refractivity contribution in [2.45, 2.75) is 45.6 Å². The zero-order chi connectivity index (χ0) is 15.7. The van der Waals surface area contributed by atoms with E-state index < -0.39 is 0 Å². The quantitative estimate of drug-likeness (QED) is 0.865. The van der Waals surface area contributed by atoms with Crippen molar-refractivity contribution in [2.24, 2.45) is 0 Å². The molecule has 0 N–H and O–H groups in total. The first-order valence-corrected chi connectivity index (χ1v) is 7.63. The van der Waals surface area contributed by atoms with Gasteiger partial charge in [0.1, 0.15) is 18.4 Å². The molecule has 7 nitrogen and oxygen atoms in total. The van der Waals surface area contributed by atoms with Gasteiger partial charge in [0.2, 0.25) is 5.91 Å². The zero-order valence-corrected chi connectivity index (χ0v) is 13.2. The summed E-state index contributed by atoms with van der Waals surface area (Å²) in [5.74, 6) is 0.614. The highest BCUT2D eigenvalue weighted by Crippen LogP contribution is 2.28. The van der Waals surface area contributed by atoms with Crippen LogP contribution in [-0.4, -0.2) is 43.8 Å². The van der Waals surface area contributed by atoms with Gasteiger partial charge in [-0.3, -0.25) is 4.79 Å². The van der Waals surface area contributed by atoms with Crippen molar-refractivity contribution in [3.05, 3.63) is 29.7 Å². The van der Waals surface area contributed by atoms with Gasteiger partial charge in [-0.2, -0.15) is 5.10 Å². The zero-order valence-electron chi connectivity index (χ0n) is 13.2. The Morgan fingerprint density at radius 3 is 2.91 bits per heavy atom. The molecule has 0 radical (unpaired) electrons. The molecule has 3 rings (SSSR count). The van der Waals surface area contributed by atoms with Gasteiger partial charge in [0.15, 0.2) is 0 Å². The summed E-state index contributed by atoms with van der Waals surface area (Å²) in [6.07, 6.45) is 5.25. The van der Waals surface area contributed by atoms with Crippen LogP contribution in [0.2, 0.25) is 0 Å². The fourth-order valence-electron chi connectivity index (χ4n) is 3.28. The lowest BCUT2D eigenvalue weighted by Gasteiger charge is -2.34. The number of aromatic nitrogens is 4.